The third kappa shape index (κ3) is 3.38. The summed E-state index contributed by atoms with van der Waals surface area (Å²) in [6.07, 6.45) is 1.34. The lowest BCUT2D eigenvalue weighted by molar-refractivity contribution is -0.114. The number of primary amides is 1. The SMILES string of the molecule is CN(C)c1ccc2cc(-c3ccc(/C=C(\C#N)C(N)=O)o3)ccc2c1. The predicted octanol–water partition coefficient (Wildman–Crippen LogP) is 3.56. The highest BCUT2D eigenvalue weighted by Crippen LogP contribution is 2.28. The summed E-state index contributed by atoms with van der Waals surface area (Å²) in [6.45, 7) is 0. The Kier molecular flexibility index (Phi) is 4.27. The molecule has 0 atom stereocenters. The molecular weight excluding hydrogens is 314 g/mol. The minimum atomic E-state index is -0.775. The van der Waals surface area contributed by atoms with E-state index in [-0.39, 0.29) is 5.57 Å². The number of rotatable bonds is 4. The van der Waals surface area contributed by atoms with Crippen molar-refractivity contribution in [2.45, 2.75) is 0 Å². The van der Waals surface area contributed by atoms with Gasteiger partial charge in [0.25, 0.3) is 5.91 Å². The van der Waals surface area contributed by atoms with Gasteiger partial charge in [0.05, 0.1) is 0 Å². The maximum atomic E-state index is 11.1. The van der Waals surface area contributed by atoms with Crippen molar-refractivity contribution in [1.29, 1.82) is 5.26 Å². The van der Waals surface area contributed by atoms with Crippen LogP contribution in [-0.4, -0.2) is 20.0 Å². The number of carbonyl (C=O) groups is 1. The highest BCUT2D eigenvalue weighted by molar-refractivity contribution is 6.00. The number of anilines is 1. The first kappa shape index (κ1) is 16.3. The Morgan fingerprint density at radius 3 is 2.52 bits per heavy atom. The second-order valence-corrected chi connectivity index (χ2v) is 5.88. The highest BCUT2D eigenvalue weighted by atomic mass is 16.3. The number of benzene rings is 2. The van der Waals surface area contributed by atoms with Crippen LogP contribution < -0.4 is 10.6 Å². The van der Waals surface area contributed by atoms with E-state index in [1.54, 1.807) is 18.2 Å². The van der Waals surface area contributed by atoms with Crippen LogP contribution in [0.3, 0.4) is 0 Å². The average Bonchev–Trinajstić information content (AvgIpc) is 3.07. The van der Waals surface area contributed by atoms with E-state index in [9.17, 15) is 4.79 Å². The number of hydrogen-bond donors (Lipinski definition) is 1. The van der Waals surface area contributed by atoms with E-state index in [1.165, 1.54) is 6.08 Å². The molecule has 5 heteroatoms. The van der Waals surface area contributed by atoms with Crippen molar-refractivity contribution < 1.29 is 9.21 Å². The van der Waals surface area contributed by atoms with Crippen LogP contribution in [0.5, 0.6) is 0 Å². The summed E-state index contributed by atoms with van der Waals surface area (Å²) < 4.78 is 5.72. The van der Waals surface area contributed by atoms with Crippen molar-refractivity contribution in [3.8, 4) is 17.4 Å². The van der Waals surface area contributed by atoms with Crippen LogP contribution in [-0.2, 0) is 4.79 Å². The number of amides is 1. The number of nitrogens with two attached hydrogens (primary N) is 1. The van der Waals surface area contributed by atoms with Crippen molar-refractivity contribution in [2.75, 3.05) is 19.0 Å². The molecule has 0 unspecified atom stereocenters. The third-order valence-corrected chi connectivity index (χ3v) is 3.92. The van der Waals surface area contributed by atoms with E-state index >= 15 is 0 Å². The quantitative estimate of drug-likeness (QED) is 0.585. The van der Waals surface area contributed by atoms with Crippen LogP contribution >= 0.6 is 0 Å². The summed E-state index contributed by atoms with van der Waals surface area (Å²) in [4.78, 5) is 13.2. The van der Waals surface area contributed by atoms with Crippen molar-refractivity contribution in [2.24, 2.45) is 5.73 Å². The van der Waals surface area contributed by atoms with Crippen LogP contribution in [0.25, 0.3) is 28.2 Å². The maximum absolute atomic E-state index is 11.1. The number of furan rings is 1. The van der Waals surface area contributed by atoms with Gasteiger partial charge in [-0.25, -0.2) is 0 Å². The minimum absolute atomic E-state index is 0.143. The van der Waals surface area contributed by atoms with E-state index in [0.717, 1.165) is 22.0 Å². The molecular formula is C20H17N3O2. The Morgan fingerprint density at radius 1 is 1.12 bits per heavy atom. The number of nitriles is 1. The van der Waals surface area contributed by atoms with E-state index < -0.39 is 5.91 Å². The first-order valence-electron chi connectivity index (χ1n) is 7.71. The molecule has 0 saturated carbocycles. The normalized spacial score (nSPS) is 11.3. The van der Waals surface area contributed by atoms with E-state index in [2.05, 4.69) is 23.1 Å². The Balaban J connectivity index is 1.96. The van der Waals surface area contributed by atoms with Crippen LogP contribution in [0.15, 0.2) is 58.5 Å². The Labute approximate surface area is 145 Å². The zero-order valence-corrected chi connectivity index (χ0v) is 14.0. The average molecular weight is 331 g/mol. The Morgan fingerprint density at radius 2 is 1.84 bits per heavy atom. The van der Waals surface area contributed by atoms with Gasteiger partial charge in [0.2, 0.25) is 0 Å². The van der Waals surface area contributed by atoms with Crippen molar-refractivity contribution in [3.05, 3.63) is 59.9 Å². The standard InChI is InChI=1S/C20H17N3O2/c1-23(2)17-6-5-13-9-15(4-3-14(13)10-17)19-8-7-18(25-19)11-16(12-21)20(22)24/h3-11H,1-2H3,(H2,22,24)/b16-11+. The van der Waals surface area contributed by atoms with Crippen LogP contribution in [0.2, 0.25) is 0 Å². The highest BCUT2D eigenvalue weighted by Gasteiger charge is 2.08. The second-order valence-electron chi connectivity index (χ2n) is 5.88. The molecule has 0 spiro atoms. The monoisotopic (exact) mass is 331 g/mol. The zero-order chi connectivity index (χ0) is 18.0. The molecule has 0 fully saturated rings. The van der Waals surface area contributed by atoms with Gasteiger partial charge in [0.15, 0.2) is 0 Å². The van der Waals surface area contributed by atoms with Crippen molar-refractivity contribution in [1.82, 2.24) is 0 Å². The summed E-state index contributed by atoms with van der Waals surface area (Å²) >= 11 is 0. The summed E-state index contributed by atoms with van der Waals surface area (Å²) in [6, 6.07) is 17.6. The van der Waals surface area contributed by atoms with Gasteiger partial charge in [-0.05, 0) is 41.1 Å². The first-order chi connectivity index (χ1) is 12.0. The van der Waals surface area contributed by atoms with Crippen LogP contribution in [0.1, 0.15) is 5.76 Å². The third-order valence-electron chi connectivity index (χ3n) is 3.92. The molecule has 124 valence electrons. The fourth-order valence-electron chi connectivity index (χ4n) is 2.55. The topological polar surface area (TPSA) is 83.3 Å². The van der Waals surface area contributed by atoms with Gasteiger partial charge in [0.1, 0.15) is 23.2 Å². The molecule has 3 aromatic rings. The van der Waals surface area contributed by atoms with Crippen molar-refractivity contribution in [3.63, 3.8) is 0 Å². The molecule has 1 aromatic heterocycles. The van der Waals surface area contributed by atoms with Gasteiger partial charge < -0.3 is 15.1 Å². The van der Waals surface area contributed by atoms with Gasteiger partial charge in [-0.3, -0.25) is 4.79 Å². The number of carbonyl (C=O) groups excluding carboxylic acids is 1. The van der Waals surface area contributed by atoms with E-state index in [0.29, 0.717) is 11.5 Å². The molecule has 0 radical (unpaired) electrons. The maximum Gasteiger partial charge on any atom is 0.259 e. The fraction of sp³-hybridized carbons (Fsp3) is 0.100. The largest absolute Gasteiger partial charge is 0.457 e. The van der Waals surface area contributed by atoms with Gasteiger partial charge in [-0.1, -0.05) is 18.2 Å². The molecule has 0 aliphatic rings. The summed E-state index contributed by atoms with van der Waals surface area (Å²) in [7, 11) is 4.02. The Bertz CT molecular complexity index is 1020. The number of fused-ring (bicyclic) bond motifs is 1. The fourth-order valence-corrected chi connectivity index (χ4v) is 2.55. The molecule has 2 N–H and O–H groups in total. The van der Waals surface area contributed by atoms with Crippen molar-refractivity contribution >= 4 is 28.4 Å². The lowest BCUT2D eigenvalue weighted by atomic mass is 10.0. The molecule has 2 aromatic carbocycles. The van der Waals surface area contributed by atoms with E-state index in [1.807, 2.05) is 32.3 Å². The summed E-state index contributed by atoms with van der Waals surface area (Å²) in [5, 5.41) is 11.1. The molecule has 0 aliphatic carbocycles. The van der Waals surface area contributed by atoms with E-state index in [4.69, 9.17) is 15.4 Å². The second kappa shape index (κ2) is 6.54. The lowest BCUT2D eigenvalue weighted by Gasteiger charge is -2.13. The molecule has 25 heavy (non-hydrogen) atoms. The molecule has 0 saturated heterocycles. The lowest BCUT2D eigenvalue weighted by Crippen LogP contribution is -2.12. The predicted molar refractivity (Wildman–Crippen MR) is 98.8 cm³/mol. The Hall–Kier alpha value is -3.52. The molecule has 0 bridgehead atoms. The zero-order valence-electron chi connectivity index (χ0n) is 14.0. The van der Waals surface area contributed by atoms with Crippen LogP contribution in [0, 0.1) is 11.3 Å². The number of hydrogen-bond acceptors (Lipinski definition) is 4. The van der Waals surface area contributed by atoms with Gasteiger partial charge in [0, 0.05) is 31.4 Å². The van der Waals surface area contributed by atoms with Gasteiger partial charge >= 0.3 is 0 Å². The smallest absolute Gasteiger partial charge is 0.259 e. The van der Waals surface area contributed by atoms with Gasteiger partial charge in [-0.2, -0.15) is 5.26 Å². The molecule has 1 amide bonds. The molecule has 5 nitrogen and oxygen atoms in total. The number of nitrogens with zero attached hydrogens (tertiary/aromatic N) is 2. The summed E-state index contributed by atoms with van der Waals surface area (Å²) in [5.74, 6) is 0.294. The van der Waals surface area contributed by atoms with Crippen LogP contribution in [0.4, 0.5) is 5.69 Å². The molecule has 3 rings (SSSR count). The summed E-state index contributed by atoms with van der Waals surface area (Å²) in [5.41, 5.74) is 7.05. The molecule has 0 aliphatic heterocycles. The minimum Gasteiger partial charge on any atom is -0.457 e. The van der Waals surface area contributed by atoms with Gasteiger partial charge in [-0.15, -0.1) is 0 Å². The molecule has 1 heterocycles. The first-order valence-corrected chi connectivity index (χ1v) is 7.71.